The van der Waals surface area contributed by atoms with Gasteiger partial charge >= 0.3 is 0 Å². The van der Waals surface area contributed by atoms with E-state index in [4.69, 9.17) is 4.74 Å². The van der Waals surface area contributed by atoms with Crippen molar-refractivity contribution in [3.8, 4) is 5.75 Å². The minimum atomic E-state index is -0.476. The maximum absolute atomic E-state index is 11.9. The first-order valence-corrected chi connectivity index (χ1v) is 6.91. The Hall–Kier alpha value is -3.22. The lowest BCUT2D eigenvalue weighted by atomic mass is 10.2. The maximum atomic E-state index is 11.9. The third kappa shape index (κ3) is 4.63. The average molecular weight is 313 g/mol. The Morgan fingerprint density at radius 2 is 2.09 bits per heavy atom. The zero-order chi connectivity index (χ0) is 16.7. The molecule has 0 aliphatic heterocycles. The Balaban J connectivity index is 2.03. The number of carbonyl (C=O) groups is 1. The predicted molar refractivity (Wildman–Crippen MR) is 86.2 cm³/mol. The summed E-state index contributed by atoms with van der Waals surface area (Å²) in [5, 5.41) is 13.2. The van der Waals surface area contributed by atoms with Crippen LogP contribution in [0, 0.1) is 10.1 Å². The molecule has 1 amide bonds. The lowest BCUT2D eigenvalue weighted by Crippen LogP contribution is -2.10. The number of nitro benzene ring substituents is 1. The molecule has 2 aromatic rings. The highest BCUT2D eigenvalue weighted by molar-refractivity contribution is 6.02. The van der Waals surface area contributed by atoms with Crippen molar-refractivity contribution >= 4 is 23.5 Å². The number of hydrogen-bond donors (Lipinski definition) is 1. The molecule has 0 saturated heterocycles. The Morgan fingerprint density at radius 3 is 2.74 bits per heavy atom. The second-order valence-electron chi connectivity index (χ2n) is 4.45. The van der Waals surface area contributed by atoms with Crippen LogP contribution in [0.5, 0.6) is 5.75 Å². The van der Waals surface area contributed by atoms with Gasteiger partial charge in [-0.1, -0.05) is 0 Å². The van der Waals surface area contributed by atoms with Crippen LogP contribution in [0.4, 0.5) is 11.5 Å². The number of benzene rings is 1. The standard InChI is InChI=1S/C16H15N3O4/c1-2-23-14-4-3-11-17-16(14)18-15(20)10-7-12-5-8-13(9-6-12)19(21)22/h3-11H,2H2,1H3,(H,17,18,20)/b10-7+. The molecule has 2 rings (SSSR count). The van der Waals surface area contributed by atoms with Crippen LogP contribution in [-0.2, 0) is 4.79 Å². The molecule has 0 saturated carbocycles. The van der Waals surface area contributed by atoms with E-state index in [1.807, 2.05) is 6.92 Å². The molecule has 0 bridgehead atoms. The smallest absolute Gasteiger partial charge is 0.269 e. The van der Waals surface area contributed by atoms with E-state index in [9.17, 15) is 14.9 Å². The highest BCUT2D eigenvalue weighted by Gasteiger charge is 2.06. The van der Waals surface area contributed by atoms with Gasteiger partial charge in [-0.25, -0.2) is 4.98 Å². The fraction of sp³-hybridized carbons (Fsp3) is 0.125. The normalized spacial score (nSPS) is 10.5. The Kier molecular flexibility index (Phi) is 5.40. The van der Waals surface area contributed by atoms with Gasteiger partial charge in [0.25, 0.3) is 5.69 Å². The fourth-order valence-electron chi connectivity index (χ4n) is 1.79. The van der Waals surface area contributed by atoms with Crippen LogP contribution < -0.4 is 10.1 Å². The number of anilines is 1. The number of nitro groups is 1. The molecule has 0 spiro atoms. The summed E-state index contributed by atoms with van der Waals surface area (Å²) >= 11 is 0. The summed E-state index contributed by atoms with van der Waals surface area (Å²) in [6.45, 7) is 2.31. The number of nitrogens with one attached hydrogen (secondary N) is 1. The quantitative estimate of drug-likeness (QED) is 0.502. The number of pyridine rings is 1. The van der Waals surface area contributed by atoms with Gasteiger partial charge in [0, 0.05) is 24.4 Å². The van der Waals surface area contributed by atoms with Crippen LogP contribution in [0.3, 0.4) is 0 Å². The Morgan fingerprint density at radius 1 is 1.35 bits per heavy atom. The minimum Gasteiger partial charge on any atom is -0.490 e. The molecular weight excluding hydrogens is 298 g/mol. The van der Waals surface area contributed by atoms with E-state index >= 15 is 0 Å². The molecule has 7 heteroatoms. The van der Waals surface area contributed by atoms with E-state index in [-0.39, 0.29) is 11.6 Å². The summed E-state index contributed by atoms with van der Waals surface area (Å²) in [6, 6.07) is 9.31. The third-order valence-corrected chi connectivity index (χ3v) is 2.84. The molecule has 1 N–H and O–H groups in total. The highest BCUT2D eigenvalue weighted by Crippen LogP contribution is 2.20. The van der Waals surface area contributed by atoms with Crippen LogP contribution in [0.25, 0.3) is 6.08 Å². The van der Waals surface area contributed by atoms with Crippen molar-refractivity contribution in [3.63, 3.8) is 0 Å². The van der Waals surface area contributed by atoms with Gasteiger partial charge in [-0.3, -0.25) is 14.9 Å². The average Bonchev–Trinajstić information content (AvgIpc) is 2.55. The van der Waals surface area contributed by atoms with E-state index < -0.39 is 4.92 Å². The van der Waals surface area contributed by atoms with Crippen molar-refractivity contribution in [1.82, 2.24) is 4.98 Å². The SMILES string of the molecule is CCOc1cccnc1NC(=O)/C=C/c1ccc([N+](=O)[O-])cc1. The van der Waals surface area contributed by atoms with Gasteiger partial charge in [0.2, 0.25) is 5.91 Å². The summed E-state index contributed by atoms with van der Waals surface area (Å²) in [4.78, 5) is 26.1. The molecule has 7 nitrogen and oxygen atoms in total. The summed E-state index contributed by atoms with van der Waals surface area (Å²) < 4.78 is 5.37. The molecule has 0 atom stereocenters. The largest absolute Gasteiger partial charge is 0.490 e. The van der Waals surface area contributed by atoms with E-state index in [0.29, 0.717) is 23.7 Å². The number of hydrogen-bond acceptors (Lipinski definition) is 5. The summed E-state index contributed by atoms with van der Waals surface area (Å²) in [6.07, 6.45) is 4.44. The van der Waals surface area contributed by atoms with Crippen LogP contribution >= 0.6 is 0 Å². The van der Waals surface area contributed by atoms with Gasteiger partial charge in [0.1, 0.15) is 0 Å². The van der Waals surface area contributed by atoms with E-state index in [0.717, 1.165) is 0 Å². The van der Waals surface area contributed by atoms with Crippen LogP contribution in [0.1, 0.15) is 12.5 Å². The molecule has 1 aromatic heterocycles. The molecule has 1 heterocycles. The van der Waals surface area contributed by atoms with Crippen molar-refractivity contribution in [2.75, 3.05) is 11.9 Å². The monoisotopic (exact) mass is 313 g/mol. The zero-order valence-corrected chi connectivity index (χ0v) is 12.4. The molecule has 23 heavy (non-hydrogen) atoms. The summed E-state index contributed by atoms with van der Waals surface area (Å²) in [7, 11) is 0. The lowest BCUT2D eigenvalue weighted by Gasteiger charge is -2.08. The molecule has 0 aliphatic carbocycles. The number of aromatic nitrogens is 1. The molecule has 1 aromatic carbocycles. The molecule has 0 radical (unpaired) electrons. The first-order chi connectivity index (χ1) is 11.1. The second-order valence-corrected chi connectivity index (χ2v) is 4.45. The van der Waals surface area contributed by atoms with Gasteiger partial charge in [-0.15, -0.1) is 0 Å². The number of non-ortho nitro benzene ring substituents is 1. The van der Waals surface area contributed by atoms with E-state index in [1.165, 1.54) is 18.2 Å². The highest BCUT2D eigenvalue weighted by atomic mass is 16.6. The minimum absolute atomic E-state index is 0.00134. The van der Waals surface area contributed by atoms with Crippen LogP contribution in [0.15, 0.2) is 48.7 Å². The van der Waals surface area contributed by atoms with Gasteiger partial charge in [0.05, 0.1) is 11.5 Å². The number of ether oxygens (including phenoxy) is 1. The van der Waals surface area contributed by atoms with Crippen molar-refractivity contribution in [3.05, 3.63) is 64.3 Å². The maximum Gasteiger partial charge on any atom is 0.269 e. The predicted octanol–water partition coefficient (Wildman–Crippen LogP) is 3.04. The second kappa shape index (κ2) is 7.69. The fourth-order valence-corrected chi connectivity index (χ4v) is 1.79. The molecule has 0 aliphatic rings. The topological polar surface area (TPSA) is 94.4 Å². The molecule has 0 fully saturated rings. The van der Waals surface area contributed by atoms with Crippen LogP contribution in [-0.4, -0.2) is 22.4 Å². The molecule has 0 unspecified atom stereocenters. The number of rotatable bonds is 6. The number of amides is 1. The van der Waals surface area contributed by atoms with Crippen molar-refractivity contribution in [1.29, 1.82) is 0 Å². The third-order valence-electron chi connectivity index (χ3n) is 2.84. The lowest BCUT2D eigenvalue weighted by molar-refractivity contribution is -0.384. The Bertz CT molecular complexity index is 726. The molecule has 118 valence electrons. The van der Waals surface area contributed by atoms with Gasteiger partial charge in [0.15, 0.2) is 11.6 Å². The summed E-state index contributed by atoms with van der Waals surface area (Å²) in [5.74, 6) is 0.461. The Labute approximate surface area is 132 Å². The molecular formula is C16H15N3O4. The summed E-state index contributed by atoms with van der Waals surface area (Å²) in [5.41, 5.74) is 0.679. The van der Waals surface area contributed by atoms with E-state index in [2.05, 4.69) is 10.3 Å². The zero-order valence-electron chi connectivity index (χ0n) is 12.4. The van der Waals surface area contributed by atoms with Gasteiger partial charge in [-0.05, 0) is 42.8 Å². The van der Waals surface area contributed by atoms with Crippen molar-refractivity contribution < 1.29 is 14.5 Å². The number of nitrogens with zero attached hydrogens (tertiary/aromatic N) is 2. The van der Waals surface area contributed by atoms with Crippen molar-refractivity contribution in [2.24, 2.45) is 0 Å². The van der Waals surface area contributed by atoms with Gasteiger partial charge in [-0.2, -0.15) is 0 Å². The van der Waals surface area contributed by atoms with Crippen LogP contribution in [0.2, 0.25) is 0 Å². The van der Waals surface area contributed by atoms with Crippen molar-refractivity contribution in [2.45, 2.75) is 6.92 Å². The first-order valence-electron chi connectivity index (χ1n) is 6.91. The van der Waals surface area contributed by atoms with Gasteiger partial charge < -0.3 is 10.1 Å². The van der Waals surface area contributed by atoms with E-state index in [1.54, 1.807) is 36.5 Å². The number of carbonyl (C=O) groups excluding carboxylic acids is 1. The first kappa shape index (κ1) is 16.2.